The first-order chi connectivity index (χ1) is 6.74. The van der Waals surface area contributed by atoms with Crippen LogP contribution in [-0.4, -0.2) is 18.3 Å². The van der Waals surface area contributed by atoms with Gasteiger partial charge in [0.15, 0.2) is 0 Å². The number of nitrogens with one attached hydrogen (secondary N) is 1. The molecule has 2 nitrogen and oxygen atoms in total. The van der Waals surface area contributed by atoms with Crippen LogP contribution in [-0.2, 0) is 6.54 Å². The number of rotatable bonds is 5. The molecule has 0 fully saturated rings. The van der Waals surface area contributed by atoms with Gasteiger partial charge in [0.05, 0.1) is 0 Å². The average molecular weight is 197 g/mol. The van der Waals surface area contributed by atoms with Crippen molar-refractivity contribution >= 4 is 0 Å². The second-order valence-electron chi connectivity index (χ2n) is 3.51. The Balaban J connectivity index is 2.35. The normalized spacial score (nSPS) is 12.8. The summed E-state index contributed by atoms with van der Waals surface area (Å²) in [5, 5.41) is 11.9. The predicted molar refractivity (Wildman–Crippen MR) is 54.4 cm³/mol. The molecule has 0 spiro atoms. The van der Waals surface area contributed by atoms with Gasteiger partial charge in [-0.2, -0.15) is 0 Å². The molecule has 14 heavy (non-hydrogen) atoms. The van der Waals surface area contributed by atoms with E-state index in [1.54, 1.807) is 12.1 Å². The zero-order valence-electron chi connectivity index (χ0n) is 8.33. The maximum Gasteiger partial charge on any atom is 0.127 e. The van der Waals surface area contributed by atoms with Crippen LogP contribution in [0.25, 0.3) is 0 Å². The van der Waals surface area contributed by atoms with Crippen molar-refractivity contribution in [2.75, 3.05) is 13.2 Å². The molecule has 0 amide bonds. The van der Waals surface area contributed by atoms with Crippen LogP contribution in [0.1, 0.15) is 12.5 Å². The van der Waals surface area contributed by atoms with Gasteiger partial charge in [-0.05, 0) is 12.0 Å². The van der Waals surface area contributed by atoms with Gasteiger partial charge < -0.3 is 10.4 Å². The quantitative estimate of drug-likeness (QED) is 0.750. The summed E-state index contributed by atoms with van der Waals surface area (Å²) >= 11 is 0. The van der Waals surface area contributed by atoms with E-state index in [1.165, 1.54) is 6.07 Å². The molecule has 0 aliphatic heterocycles. The Morgan fingerprint density at radius 2 is 2.14 bits per heavy atom. The molecule has 2 N–H and O–H groups in total. The minimum Gasteiger partial charge on any atom is -0.396 e. The maximum atomic E-state index is 13.1. The third-order valence-electron chi connectivity index (χ3n) is 2.08. The van der Waals surface area contributed by atoms with Gasteiger partial charge in [-0.3, -0.25) is 0 Å². The Morgan fingerprint density at radius 1 is 1.43 bits per heavy atom. The van der Waals surface area contributed by atoms with Gasteiger partial charge in [0.1, 0.15) is 5.82 Å². The van der Waals surface area contributed by atoms with Gasteiger partial charge in [0.2, 0.25) is 0 Å². The Labute approximate surface area is 83.8 Å². The van der Waals surface area contributed by atoms with Crippen LogP contribution in [0.5, 0.6) is 0 Å². The molecule has 0 aliphatic rings. The zero-order chi connectivity index (χ0) is 10.4. The van der Waals surface area contributed by atoms with Crippen molar-refractivity contribution in [3.63, 3.8) is 0 Å². The van der Waals surface area contributed by atoms with Crippen LogP contribution < -0.4 is 5.32 Å². The largest absolute Gasteiger partial charge is 0.396 e. The monoisotopic (exact) mass is 197 g/mol. The fourth-order valence-corrected chi connectivity index (χ4v) is 1.16. The first kappa shape index (κ1) is 11.1. The molecule has 1 aromatic carbocycles. The van der Waals surface area contributed by atoms with Crippen LogP contribution in [0.3, 0.4) is 0 Å². The highest BCUT2D eigenvalue weighted by Gasteiger charge is 2.01. The van der Waals surface area contributed by atoms with E-state index in [0.29, 0.717) is 18.7 Å². The van der Waals surface area contributed by atoms with Crippen molar-refractivity contribution < 1.29 is 9.50 Å². The van der Waals surface area contributed by atoms with Gasteiger partial charge in [-0.1, -0.05) is 25.1 Å². The molecular weight excluding hydrogens is 181 g/mol. The van der Waals surface area contributed by atoms with Crippen LogP contribution in [0.4, 0.5) is 4.39 Å². The lowest BCUT2D eigenvalue weighted by atomic mass is 10.2. The number of benzene rings is 1. The molecule has 1 rings (SSSR count). The first-order valence-electron chi connectivity index (χ1n) is 4.79. The Bertz CT molecular complexity index is 278. The second-order valence-corrected chi connectivity index (χ2v) is 3.51. The molecule has 1 unspecified atom stereocenters. The van der Waals surface area contributed by atoms with E-state index in [-0.39, 0.29) is 18.3 Å². The second kappa shape index (κ2) is 5.73. The summed E-state index contributed by atoms with van der Waals surface area (Å²) in [6.45, 7) is 3.31. The van der Waals surface area contributed by atoms with Crippen molar-refractivity contribution in [2.45, 2.75) is 13.5 Å². The van der Waals surface area contributed by atoms with Crippen LogP contribution >= 0.6 is 0 Å². The van der Waals surface area contributed by atoms with Gasteiger partial charge in [-0.25, -0.2) is 4.39 Å². The minimum atomic E-state index is -0.184. The molecule has 1 aromatic rings. The van der Waals surface area contributed by atoms with Crippen LogP contribution in [0.2, 0.25) is 0 Å². The third kappa shape index (κ3) is 3.44. The minimum absolute atomic E-state index is 0.157. The fraction of sp³-hybridized carbons (Fsp3) is 0.455. The molecular formula is C11H16FNO. The van der Waals surface area contributed by atoms with Gasteiger partial charge >= 0.3 is 0 Å². The highest BCUT2D eigenvalue weighted by molar-refractivity contribution is 5.16. The molecule has 78 valence electrons. The Kier molecular flexibility index (Phi) is 4.56. The number of halogens is 1. The Hall–Kier alpha value is -0.930. The lowest BCUT2D eigenvalue weighted by Gasteiger charge is -2.09. The summed E-state index contributed by atoms with van der Waals surface area (Å²) in [5.41, 5.74) is 0.664. The smallest absolute Gasteiger partial charge is 0.127 e. The van der Waals surface area contributed by atoms with Gasteiger partial charge in [0.25, 0.3) is 0 Å². The predicted octanol–water partition coefficient (Wildman–Crippen LogP) is 1.54. The van der Waals surface area contributed by atoms with E-state index in [4.69, 9.17) is 5.11 Å². The lowest BCUT2D eigenvalue weighted by Crippen LogP contribution is -2.23. The third-order valence-corrected chi connectivity index (χ3v) is 2.08. The number of hydrogen-bond acceptors (Lipinski definition) is 2. The molecule has 0 saturated carbocycles. The molecule has 0 saturated heterocycles. The summed E-state index contributed by atoms with van der Waals surface area (Å²) in [6.07, 6.45) is 0. The summed E-state index contributed by atoms with van der Waals surface area (Å²) in [6, 6.07) is 6.70. The first-order valence-corrected chi connectivity index (χ1v) is 4.79. The standard InChI is InChI=1S/C11H16FNO/c1-9(8-14)6-13-7-10-4-2-3-5-11(10)12/h2-5,9,13-14H,6-8H2,1H3. The maximum absolute atomic E-state index is 13.1. The zero-order valence-corrected chi connectivity index (χ0v) is 8.33. The van der Waals surface area contributed by atoms with E-state index in [9.17, 15) is 4.39 Å². The van der Waals surface area contributed by atoms with Crippen LogP contribution in [0, 0.1) is 11.7 Å². The fourth-order valence-electron chi connectivity index (χ4n) is 1.16. The molecule has 0 heterocycles. The van der Waals surface area contributed by atoms with Crippen molar-refractivity contribution in [1.82, 2.24) is 5.32 Å². The highest BCUT2D eigenvalue weighted by Crippen LogP contribution is 2.05. The highest BCUT2D eigenvalue weighted by atomic mass is 19.1. The van der Waals surface area contributed by atoms with E-state index in [2.05, 4.69) is 5.32 Å². The van der Waals surface area contributed by atoms with E-state index in [1.807, 2.05) is 13.0 Å². The van der Waals surface area contributed by atoms with Crippen molar-refractivity contribution in [1.29, 1.82) is 0 Å². The molecule has 3 heteroatoms. The van der Waals surface area contributed by atoms with E-state index >= 15 is 0 Å². The van der Waals surface area contributed by atoms with Gasteiger partial charge in [-0.15, -0.1) is 0 Å². The molecule has 1 atom stereocenters. The number of aliphatic hydroxyl groups excluding tert-OH is 1. The summed E-state index contributed by atoms with van der Waals surface area (Å²) in [4.78, 5) is 0. The number of aliphatic hydroxyl groups is 1. The average Bonchev–Trinajstić information content (AvgIpc) is 2.20. The molecule has 0 aromatic heterocycles. The Morgan fingerprint density at radius 3 is 2.79 bits per heavy atom. The van der Waals surface area contributed by atoms with E-state index < -0.39 is 0 Å². The number of hydrogen-bond donors (Lipinski definition) is 2. The lowest BCUT2D eigenvalue weighted by molar-refractivity contribution is 0.233. The van der Waals surface area contributed by atoms with Crippen molar-refractivity contribution in [2.24, 2.45) is 5.92 Å². The van der Waals surface area contributed by atoms with Crippen molar-refractivity contribution in [3.8, 4) is 0 Å². The molecule has 0 bridgehead atoms. The summed E-state index contributed by atoms with van der Waals surface area (Å²) in [7, 11) is 0. The summed E-state index contributed by atoms with van der Waals surface area (Å²) in [5.74, 6) is 0.0263. The SMILES string of the molecule is CC(CO)CNCc1ccccc1F. The van der Waals surface area contributed by atoms with E-state index in [0.717, 1.165) is 0 Å². The van der Waals surface area contributed by atoms with Crippen LogP contribution in [0.15, 0.2) is 24.3 Å². The molecule has 0 radical (unpaired) electrons. The molecule has 0 aliphatic carbocycles. The van der Waals surface area contributed by atoms with Crippen molar-refractivity contribution in [3.05, 3.63) is 35.6 Å². The summed E-state index contributed by atoms with van der Waals surface area (Å²) < 4.78 is 13.1. The van der Waals surface area contributed by atoms with Gasteiger partial charge in [0, 0.05) is 25.3 Å². The topological polar surface area (TPSA) is 32.3 Å².